The highest BCUT2D eigenvalue weighted by atomic mass is 32.2. The zero-order valence-electron chi connectivity index (χ0n) is 9.69. The second kappa shape index (κ2) is 7.68. The molecular weight excluding hydrogens is 242 g/mol. The van der Waals surface area contributed by atoms with Crippen molar-refractivity contribution in [3.05, 3.63) is 16.1 Å². The Morgan fingerprint density at radius 1 is 1.56 bits per heavy atom. The lowest BCUT2D eigenvalue weighted by atomic mass is 10.2. The maximum Gasteiger partial charge on any atom is 0.306 e. The molecule has 0 bridgehead atoms. The van der Waals surface area contributed by atoms with E-state index in [2.05, 4.69) is 11.9 Å². The first-order valence-corrected chi connectivity index (χ1v) is 7.46. The number of thioether (sulfide) groups is 1. The summed E-state index contributed by atoms with van der Waals surface area (Å²) in [6, 6.07) is 0. The van der Waals surface area contributed by atoms with E-state index in [1.54, 1.807) is 11.3 Å². The van der Waals surface area contributed by atoms with Gasteiger partial charge in [0.1, 0.15) is 5.01 Å². The Labute approximate surface area is 105 Å². The number of carbonyl (C=O) groups is 1. The molecule has 0 aromatic carbocycles. The second-order valence-corrected chi connectivity index (χ2v) is 5.39. The Morgan fingerprint density at radius 2 is 2.38 bits per heavy atom. The van der Waals surface area contributed by atoms with Crippen LogP contribution in [-0.4, -0.2) is 23.3 Å². The Bertz CT molecular complexity index is 326. The van der Waals surface area contributed by atoms with E-state index in [0.29, 0.717) is 19.4 Å². The zero-order valence-corrected chi connectivity index (χ0v) is 11.3. The molecular formula is C11H17NO2S2. The van der Waals surface area contributed by atoms with Gasteiger partial charge in [-0.25, -0.2) is 4.98 Å². The number of thiazole rings is 1. The van der Waals surface area contributed by atoms with Crippen LogP contribution >= 0.6 is 23.1 Å². The van der Waals surface area contributed by atoms with Gasteiger partial charge in [-0.3, -0.25) is 4.79 Å². The SMILES string of the molecule is CCOC(=O)CCc1csc(CSCC)n1. The Kier molecular flexibility index (Phi) is 6.49. The molecule has 0 N–H and O–H groups in total. The number of hydrogen-bond donors (Lipinski definition) is 0. The van der Waals surface area contributed by atoms with Crippen molar-refractivity contribution in [2.45, 2.75) is 32.4 Å². The van der Waals surface area contributed by atoms with E-state index in [-0.39, 0.29) is 5.97 Å². The minimum atomic E-state index is -0.139. The van der Waals surface area contributed by atoms with Gasteiger partial charge in [-0.1, -0.05) is 6.92 Å². The Hall–Kier alpha value is -0.550. The second-order valence-electron chi connectivity index (χ2n) is 3.17. The lowest BCUT2D eigenvalue weighted by molar-refractivity contribution is -0.143. The number of esters is 1. The molecule has 0 unspecified atom stereocenters. The largest absolute Gasteiger partial charge is 0.466 e. The van der Waals surface area contributed by atoms with Crippen molar-refractivity contribution in [2.24, 2.45) is 0 Å². The molecule has 0 aliphatic heterocycles. The first-order valence-electron chi connectivity index (χ1n) is 5.42. The molecule has 0 saturated carbocycles. The van der Waals surface area contributed by atoms with Crippen LogP contribution in [0, 0.1) is 0 Å². The predicted octanol–water partition coefficient (Wildman–Crippen LogP) is 2.89. The predicted molar refractivity (Wildman–Crippen MR) is 68.9 cm³/mol. The van der Waals surface area contributed by atoms with E-state index in [1.165, 1.54) is 0 Å². The Morgan fingerprint density at radius 3 is 3.06 bits per heavy atom. The van der Waals surface area contributed by atoms with Crippen molar-refractivity contribution in [3.63, 3.8) is 0 Å². The maximum atomic E-state index is 11.1. The summed E-state index contributed by atoms with van der Waals surface area (Å²) in [7, 11) is 0. The highest BCUT2D eigenvalue weighted by molar-refractivity contribution is 7.98. The average Bonchev–Trinajstić information content (AvgIpc) is 2.72. The van der Waals surface area contributed by atoms with Gasteiger partial charge in [0.2, 0.25) is 0 Å². The van der Waals surface area contributed by atoms with Crippen molar-refractivity contribution in [3.8, 4) is 0 Å². The molecule has 0 aliphatic carbocycles. The van der Waals surface area contributed by atoms with E-state index in [0.717, 1.165) is 22.2 Å². The summed E-state index contributed by atoms with van der Waals surface area (Å²) in [6.45, 7) is 4.41. The van der Waals surface area contributed by atoms with Gasteiger partial charge in [-0.15, -0.1) is 11.3 Å². The summed E-state index contributed by atoms with van der Waals surface area (Å²) in [5.41, 5.74) is 1.00. The van der Waals surface area contributed by atoms with Crippen LogP contribution in [0.5, 0.6) is 0 Å². The lowest BCUT2D eigenvalue weighted by Gasteiger charge is -1.99. The first kappa shape index (κ1) is 13.5. The van der Waals surface area contributed by atoms with Crippen molar-refractivity contribution in [1.82, 2.24) is 4.98 Å². The summed E-state index contributed by atoms with van der Waals surface area (Å²) in [6.07, 6.45) is 1.12. The van der Waals surface area contributed by atoms with Gasteiger partial charge >= 0.3 is 5.97 Å². The van der Waals surface area contributed by atoms with Crippen LogP contribution in [0.25, 0.3) is 0 Å². The number of aromatic nitrogens is 1. The molecule has 0 atom stereocenters. The third-order valence-corrected chi connectivity index (χ3v) is 3.89. The van der Waals surface area contributed by atoms with Gasteiger partial charge in [-0.2, -0.15) is 11.8 Å². The molecule has 0 fully saturated rings. The summed E-state index contributed by atoms with van der Waals surface area (Å²) >= 11 is 3.53. The fourth-order valence-corrected chi connectivity index (χ4v) is 2.76. The third kappa shape index (κ3) is 4.99. The van der Waals surface area contributed by atoms with E-state index < -0.39 is 0 Å². The first-order chi connectivity index (χ1) is 7.76. The third-order valence-electron chi connectivity index (χ3n) is 1.92. The van der Waals surface area contributed by atoms with Crippen LogP contribution in [0.3, 0.4) is 0 Å². The molecule has 0 radical (unpaired) electrons. The number of nitrogens with zero attached hydrogens (tertiary/aromatic N) is 1. The lowest BCUT2D eigenvalue weighted by Crippen LogP contribution is -2.05. The van der Waals surface area contributed by atoms with Gasteiger partial charge in [0.05, 0.1) is 18.7 Å². The number of rotatable bonds is 7. The smallest absolute Gasteiger partial charge is 0.306 e. The number of hydrogen-bond acceptors (Lipinski definition) is 5. The minimum absolute atomic E-state index is 0.139. The standard InChI is InChI=1S/C11H17NO2S2/c1-3-14-11(13)6-5-9-7-16-10(12-9)8-15-4-2/h7H,3-6,8H2,1-2H3. The van der Waals surface area contributed by atoms with Gasteiger partial charge in [0.25, 0.3) is 0 Å². The van der Waals surface area contributed by atoms with Crippen molar-refractivity contribution >= 4 is 29.1 Å². The minimum Gasteiger partial charge on any atom is -0.466 e. The van der Waals surface area contributed by atoms with Crippen LogP contribution in [0.1, 0.15) is 31.0 Å². The molecule has 0 aliphatic rings. The molecule has 16 heavy (non-hydrogen) atoms. The number of aryl methyl sites for hydroxylation is 1. The van der Waals surface area contributed by atoms with Crippen LogP contribution in [-0.2, 0) is 21.7 Å². The monoisotopic (exact) mass is 259 g/mol. The van der Waals surface area contributed by atoms with Crippen LogP contribution in [0.2, 0.25) is 0 Å². The van der Waals surface area contributed by atoms with Gasteiger partial charge < -0.3 is 4.74 Å². The van der Waals surface area contributed by atoms with Crippen molar-refractivity contribution in [2.75, 3.05) is 12.4 Å². The molecule has 3 nitrogen and oxygen atoms in total. The van der Waals surface area contributed by atoms with Crippen molar-refractivity contribution < 1.29 is 9.53 Å². The topological polar surface area (TPSA) is 39.2 Å². The summed E-state index contributed by atoms with van der Waals surface area (Å²) < 4.78 is 4.87. The number of carbonyl (C=O) groups excluding carboxylic acids is 1. The van der Waals surface area contributed by atoms with Gasteiger partial charge in [-0.05, 0) is 12.7 Å². The highest BCUT2D eigenvalue weighted by Gasteiger charge is 2.06. The molecule has 0 amide bonds. The molecule has 0 saturated heterocycles. The van der Waals surface area contributed by atoms with Crippen molar-refractivity contribution in [1.29, 1.82) is 0 Å². The van der Waals surface area contributed by atoms with Crippen LogP contribution in [0.4, 0.5) is 0 Å². The van der Waals surface area contributed by atoms with Crippen LogP contribution < -0.4 is 0 Å². The normalized spacial score (nSPS) is 10.4. The summed E-state index contributed by atoms with van der Waals surface area (Å²) in [5.74, 6) is 1.94. The molecule has 5 heteroatoms. The van der Waals surface area contributed by atoms with Crippen LogP contribution in [0.15, 0.2) is 5.38 Å². The fourth-order valence-electron chi connectivity index (χ4n) is 1.18. The summed E-state index contributed by atoms with van der Waals surface area (Å²) in [4.78, 5) is 15.6. The zero-order chi connectivity index (χ0) is 11.8. The van der Waals surface area contributed by atoms with Gasteiger partial charge in [0, 0.05) is 17.6 Å². The van der Waals surface area contributed by atoms with E-state index in [1.807, 2.05) is 24.1 Å². The molecule has 1 aromatic heterocycles. The fraction of sp³-hybridized carbons (Fsp3) is 0.636. The van der Waals surface area contributed by atoms with E-state index >= 15 is 0 Å². The van der Waals surface area contributed by atoms with E-state index in [4.69, 9.17) is 4.74 Å². The highest BCUT2D eigenvalue weighted by Crippen LogP contribution is 2.17. The summed E-state index contributed by atoms with van der Waals surface area (Å²) in [5, 5.41) is 3.18. The quantitative estimate of drug-likeness (QED) is 0.706. The Balaban J connectivity index is 2.31. The maximum absolute atomic E-state index is 11.1. The average molecular weight is 259 g/mol. The molecule has 1 aromatic rings. The molecule has 90 valence electrons. The molecule has 1 heterocycles. The van der Waals surface area contributed by atoms with E-state index in [9.17, 15) is 4.79 Å². The van der Waals surface area contributed by atoms with Gasteiger partial charge in [0.15, 0.2) is 0 Å². The number of ether oxygens (including phenoxy) is 1. The molecule has 0 spiro atoms. The molecule has 1 rings (SSSR count).